The first-order chi connectivity index (χ1) is 10.1. The Hall–Kier alpha value is -1.36. The van der Waals surface area contributed by atoms with Crippen molar-refractivity contribution < 1.29 is 9.59 Å². The summed E-state index contributed by atoms with van der Waals surface area (Å²) in [5.74, 6) is 0.133. The third kappa shape index (κ3) is 2.71. The summed E-state index contributed by atoms with van der Waals surface area (Å²) in [5, 5.41) is 5.07. The predicted octanol–water partition coefficient (Wildman–Crippen LogP) is 2.34. The van der Waals surface area contributed by atoms with Crippen LogP contribution in [0, 0.1) is 0 Å². The summed E-state index contributed by atoms with van der Waals surface area (Å²) >= 11 is 1.70. The van der Waals surface area contributed by atoms with E-state index in [1.807, 2.05) is 18.4 Å². The summed E-state index contributed by atoms with van der Waals surface area (Å²) in [7, 11) is 0. The van der Waals surface area contributed by atoms with E-state index in [-0.39, 0.29) is 17.9 Å². The molecule has 5 heteroatoms. The Labute approximate surface area is 129 Å². The summed E-state index contributed by atoms with van der Waals surface area (Å²) in [5.41, 5.74) is -0.614. The van der Waals surface area contributed by atoms with Crippen molar-refractivity contribution in [1.29, 1.82) is 0 Å². The van der Waals surface area contributed by atoms with Crippen molar-refractivity contribution in [1.82, 2.24) is 10.2 Å². The zero-order valence-electron chi connectivity index (χ0n) is 12.4. The number of hydrogen-bond acceptors (Lipinski definition) is 3. The molecule has 1 saturated carbocycles. The molecule has 1 atom stereocenters. The lowest BCUT2D eigenvalue weighted by Crippen LogP contribution is -2.70. The van der Waals surface area contributed by atoms with Crippen LogP contribution < -0.4 is 5.32 Å². The third-order valence-electron chi connectivity index (χ3n) is 4.77. The molecule has 2 amide bonds. The molecule has 4 nitrogen and oxygen atoms in total. The molecular weight excluding hydrogens is 284 g/mol. The van der Waals surface area contributed by atoms with Gasteiger partial charge in [0.15, 0.2) is 0 Å². The molecular formula is C16H22N2O2S. The first-order valence-electron chi connectivity index (χ1n) is 7.78. The van der Waals surface area contributed by atoms with Crippen LogP contribution in [-0.4, -0.2) is 34.8 Å². The zero-order valence-corrected chi connectivity index (χ0v) is 13.2. The highest BCUT2D eigenvalue weighted by molar-refractivity contribution is 7.09. The number of rotatable bonds is 3. The maximum absolute atomic E-state index is 12.9. The van der Waals surface area contributed by atoms with Crippen molar-refractivity contribution in [3.63, 3.8) is 0 Å². The Morgan fingerprint density at radius 1 is 1.33 bits per heavy atom. The molecule has 3 rings (SSSR count). The van der Waals surface area contributed by atoms with E-state index in [9.17, 15) is 9.59 Å². The van der Waals surface area contributed by atoms with Gasteiger partial charge in [-0.15, -0.1) is 11.3 Å². The van der Waals surface area contributed by atoms with Gasteiger partial charge in [-0.25, -0.2) is 0 Å². The van der Waals surface area contributed by atoms with E-state index in [0.717, 1.165) is 38.5 Å². The van der Waals surface area contributed by atoms with E-state index in [0.29, 0.717) is 6.54 Å². The number of hydrogen-bond donors (Lipinski definition) is 1. The van der Waals surface area contributed by atoms with Gasteiger partial charge in [0.2, 0.25) is 11.8 Å². The number of piperazine rings is 1. The van der Waals surface area contributed by atoms with Crippen LogP contribution in [0.5, 0.6) is 0 Å². The summed E-state index contributed by atoms with van der Waals surface area (Å²) in [6, 6.07) is 3.75. The minimum absolute atomic E-state index is 0.00248. The van der Waals surface area contributed by atoms with Gasteiger partial charge in [0.1, 0.15) is 11.6 Å². The van der Waals surface area contributed by atoms with E-state index in [2.05, 4.69) is 11.4 Å². The fourth-order valence-corrected chi connectivity index (χ4v) is 4.16. The Balaban J connectivity index is 1.76. The highest BCUT2D eigenvalue weighted by Crippen LogP contribution is 2.33. The lowest BCUT2D eigenvalue weighted by Gasteiger charge is -2.46. The second-order valence-corrected chi connectivity index (χ2v) is 7.17. The van der Waals surface area contributed by atoms with E-state index in [1.54, 1.807) is 16.2 Å². The van der Waals surface area contributed by atoms with Crippen molar-refractivity contribution in [2.45, 2.75) is 57.0 Å². The Morgan fingerprint density at radius 2 is 2.10 bits per heavy atom. The SMILES string of the molecule is CC1C(=O)NC2(CCCCC2)C(=O)N1CCc1cccs1. The number of carbonyl (C=O) groups excluding carboxylic acids is 2. The molecule has 2 aliphatic rings. The molecule has 1 aliphatic heterocycles. The standard InChI is InChI=1S/C16H22N2O2S/c1-12-14(19)17-16(8-3-2-4-9-16)15(20)18(12)10-7-13-6-5-11-21-13/h5-6,11-12H,2-4,7-10H2,1H3,(H,17,19). The fourth-order valence-electron chi connectivity index (χ4n) is 3.46. The third-order valence-corrected chi connectivity index (χ3v) is 5.70. The van der Waals surface area contributed by atoms with E-state index < -0.39 is 5.54 Å². The molecule has 0 aromatic carbocycles. The molecule has 1 saturated heterocycles. The lowest BCUT2D eigenvalue weighted by atomic mass is 9.78. The normalized spacial score (nSPS) is 25.2. The van der Waals surface area contributed by atoms with Gasteiger partial charge in [-0.1, -0.05) is 25.3 Å². The molecule has 21 heavy (non-hydrogen) atoms. The minimum Gasteiger partial charge on any atom is -0.340 e. The van der Waals surface area contributed by atoms with Crippen molar-refractivity contribution in [2.75, 3.05) is 6.54 Å². The quantitative estimate of drug-likeness (QED) is 0.932. The largest absolute Gasteiger partial charge is 0.340 e. The number of amides is 2. The molecule has 1 aromatic heterocycles. The van der Waals surface area contributed by atoms with Crippen LogP contribution in [0.2, 0.25) is 0 Å². The second-order valence-electron chi connectivity index (χ2n) is 6.14. The molecule has 2 heterocycles. The number of nitrogens with zero attached hydrogens (tertiary/aromatic N) is 1. The van der Waals surface area contributed by atoms with Crippen LogP contribution >= 0.6 is 11.3 Å². The zero-order chi connectivity index (χ0) is 14.9. The highest BCUT2D eigenvalue weighted by Gasteiger charge is 2.49. The Bertz CT molecular complexity index is 520. The summed E-state index contributed by atoms with van der Waals surface area (Å²) < 4.78 is 0. The van der Waals surface area contributed by atoms with Gasteiger partial charge in [-0.3, -0.25) is 9.59 Å². The molecule has 1 unspecified atom stereocenters. The van der Waals surface area contributed by atoms with E-state index in [4.69, 9.17) is 0 Å². The summed E-state index contributed by atoms with van der Waals surface area (Å²) in [6.45, 7) is 2.47. The molecule has 1 N–H and O–H groups in total. The van der Waals surface area contributed by atoms with E-state index >= 15 is 0 Å². The van der Waals surface area contributed by atoms with Crippen LogP contribution in [0.3, 0.4) is 0 Å². The highest BCUT2D eigenvalue weighted by atomic mass is 32.1. The van der Waals surface area contributed by atoms with Gasteiger partial charge < -0.3 is 10.2 Å². The van der Waals surface area contributed by atoms with Crippen molar-refractivity contribution in [3.05, 3.63) is 22.4 Å². The van der Waals surface area contributed by atoms with Gasteiger partial charge >= 0.3 is 0 Å². The molecule has 114 valence electrons. The minimum atomic E-state index is -0.614. The van der Waals surface area contributed by atoms with Crippen LogP contribution in [0.15, 0.2) is 17.5 Å². The van der Waals surface area contributed by atoms with Crippen LogP contribution in [0.25, 0.3) is 0 Å². The molecule has 1 aliphatic carbocycles. The first-order valence-corrected chi connectivity index (χ1v) is 8.66. The number of thiophene rings is 1. The van der Waals surface area contributed by atoms with Crippen LogP contribution in [0.1, 0.15) is 43.9 Å². The molecule has 0 bridgehead atoms. The first kappa shape index (κ1) is 14.6. The second kappa shape index (κ2) is 5.79. The van der Waals surface area contributed by atoms with Gasteiger partial charge in [0, 0.05) is 11.4 Å². The molecule has 1 spiro atoms. The summed E-state index contributed by atoms with van der Waals surface area (Å²) in [6.07, 6.45) is 5.63. The van der Waals surface area contributed by atoms with Gasteiger partial charge in [-0.05, 0) is 37.6 Å². The van der Waals surface area contributed by atoms with Crippen LogP contribution in [0.4, 0.5) is 0 Å². The molecule has 2 fully saturated rings. The molecule has 1 aromatic rings. The van der Waals surface area contributed by atoms with Crippen molar-refractivity contribution >= 4 is 23.2 Å². The van der Waals surface area contributed by atoms with Gasteiger partial charge in [0.05, 0.1) is 0 Å². The summed E-state index contributed by atoms with van der Waals surface area (Å²) in [4.78, 5) is 28.3. The topological polar surface area (TPSA) is 49.4 Å². The van der Waals surface area contributed by atoms with Crippen LogP contribution in [-0.2, 0) is 16.0 Å². The number of nitrogens with one attached hydrogen (secondary N) is 1. The fraction of sp³-hybridized carbons (Fsp3) is 0.625. The maximum Gasteiger partial charge on any atom is 0.249 e. The van der Waals surface area contributed by atoms with Gasteiger partial charge in [0.25, 0.3) is 0 Å². The predicted molar refractivity (Wildman–Crippen MR) is 83.2 cm³/mol. The Morgan fingerprint density at radius 3 is 2.76 bits per heavy atom. The molecule has 0 radical (unpaired) electrons. The van der Waals surface area contributed by atoms with Crippen molar-refractivity contribution in [3.8, 4) is 0 Å². The maximum atomic E-state index is 12.9. The Kier molecular flexibility index (Phi) is 4.02. The smallest absolute Gasteiger partial charge is 0.249 e. The monoisotopic (exact) mass is 306 g/mol. The lowest BCUT2D eigenvalue weighted by molar-refractivity contribution is -0.155. The van der Waals surface area contributed by atoms with Crippen molar-refractivity contribution in [2.24, 2.45) is 0 Å². The van der Waals surface area contributed by atoms with E-state index in [1.165, 1.54) is 4.88 Å². The average molecular weight is 306 g/mol. The average Bonchev–Trinajstić information content (AvgIpc) is 3.00. The van der Waals surface area contributed by atoms with Gasteiger partial charge in [-0.2, -0.15) is 0 Å². The number of carbonyl (C=O) groups is 2.